The maximum absolute atomic E-state index is 12.2. The molecule has 1 aliphatic heterocycles. The van der Waals surface area contributed by atoms with Crippen LogP contribution in [0.25, 0.3) is 0 Å². The molecule has 1 aliphatic rings. The summed E-state index contributed by atoms with van der Waals surface area (Å²) >= 11 is 1.34. The largest absolute Gasteiger partial charge is 0.375 e. The lowest BCUT2D eigenvalue weighted by Crippen LogP contribution is -2.36. The Morgan fingerprint density at radius 3 is 2.71 bits per heavy atom. The minimum Gasteiger partial charge on any atom is -0.375 e. The average Bonchev–Trinajstić information content (AvgIpc) is 3.34. The van der Waals surface area contributed by atoms with Crippen LogP contribution in [0.4, 0.5) is 16.0 Å². The van der Waals surface area contributed by atoms with Crippen LogP contribution in [0.2, 0.25) is 0 Å². The Kier molecular flexibility index (Phi) is 6.80. The van der Waals surface area contributed by atoms with Crippen LogP contribution in [-0.2, 0) is 9.59 Å². The highest BCUT2D eigenvalue weighted by Crippen LogP contribution is 2.29. The van der Waals surface area contributed by atoms with E-state index in [4.69, 9.17) is 0 Å². The normalized spacial score (nSPS) is 13.6. The number of carbonyl (C=O) groups excluding carboxylic acids is 2. The molecule has 28 heavy (non-hydrogen) atoms. The van der Waals surface area contributed by atoms with Crippen LogP contribution >= 0.6 is 11.3 Å². The van der Waals surface area contributed by atoms with Gasteiger partial charge in [-0.05, 0) is 25.0 Å². The Labute approximate surface area is 169 Å². The SMILES string of the molecule is CN(CCCNC(=O)CN(C)c1nnc(N2CCCC2=O)s1)c1ccccc1. The van der Waals surface area contributed by atoms with Crippen LogP contribution in [0, 0.1) is 0 Å². The van der Waals surface area contributed by atoms with Crippen LogP contribution in [0.3, 0.4) is 0 Å². The molecule has 8 nitrogen and oxygen atoms in total. The lowest BCUT2D eigenvalue weighted by molar-refractivity contribution is -0.119. The average molecular weight is 403 g/mol. The Bertz CT molecular complexity index is 797. The number of likely N-dealkylation sites (N-methyl/N-ethyl adjacent to an activating group) is 1. The molecule has 2 heterocycles. The van der Waals surface area contributed by atoms with E-state index in [1.54, 1.807) is 16.8 Å². The first-order chi connectivity index (χ1) is 13.5. The lowest BCUT2D eigenvalue weighted by atomic mass is 10.3. The van der Waals surface area contributed by atoms with Crippen LogP contribution < -0.4 is 20.0 Å². The van der Waals surface area contributed by atoms with Crippen molar-refractivity contribution in [1.82, 2.24) is 15.5 Å². The third-order valence-electron chi connectivity index (χ3n) is 4.60. The molecule has 1 aromatic heterocycles. The zero-order chi connectivity index (χ0) is 19.9. The molecule has 1 aromatic carbocycles. The molecular formula is C19H26N6O2S. The second-order valence-electron chi connectivity index (χ2n) is 6.83. The van der Waals surface area contributed by atoms with Gasteiger partial charge in [-0.15, -0.1) is 10.2 Å². The highest BCUT2D eigenvalue weighted by atomic mass is 32.1. The maximum atomic E-state index is 12.2. The van der Waals surface area contributed by atoms with Gasteiger partial charge in [0.05, 0.1) is 6.54 Å². The number of benzene rings is 1. The highest BCUT2D eigenvalue weighted by Gasteiger charge is 2.25. The highest BCUT2D eigenvalue weighted by molar-refractivity contribution is 7.19. The molecule has 1 saturated heterocycles. The van der Waals surface area contributed by atoms with Gasteiger partial charge in [0.25, 0.3) is 0 Å². The van der Waals surface area contributed by atoms with E-state index in [9.17, 15) is 9.59 Å². The fraction of sp³-hybridized carbons (Fsp3) is 0.474. The van der Waals surface area contributed by atoms with Gasteiger partial charge < -0.3 is 15.1 Å². The molecule has 9 heteroatoms. The molecular weight excluding hydrogens is 376 g/mol. The molecule has 0 radical (unpaired) electrons. The van der Waals surface area contributed by atoms with Crippen LogP contribution in [0.15, 0.2) is 30.3 Å². The lowest BCUT2D eigenvalue weighted by Gasteiger charge is -2.19. The van der Waals surface area contributed by atoms with E-state index in [0.29, 0.717) is 29.8 Å². The van der Waals surface area contributed by atoms with Crippen molar-refractivity contribution in [2.45, 2.75) is 19.3 Å². The third-order valence-corrected chi connectivity index (χ3v) is 5.67. The minimum atomic E-state index is -0.0566. The third kappa shape index (κ3) is 5.19. The van der Waals surface area contributed by atoms with Crippen molar-refractivity contribution in [2.75, 3.05) is 55.0 Å². The number of rotatable bonds is 9. The number of hydrogen-bond acceptors (Lipinski definition) is 7. The second kappa shape index (κ2) is 9.50. The molecule has 1 N–H and O–H groups in total. The number of amides is 2. The number of carbonyl (C=O) groups is 2. The first kappa shape index (κ1) is 20.1. The van der Waals surface area contributed by atoms with E-state index in [-0.39, 0.29) is 18.4 Å². The van der Waals surface area contributed by atoms with Gasteiger partial charge >= 0.3 is 0 Å². The van der Waals surface area contributed by atoms with Crippen molar-refractivity contribution in [2.24, 2.45) is 0 Å². The summed E-state index contributed by atoms with van der Waals surface area (Å²) in [6, 6.07) is 10.2. The smallest absolute Gasteiger partial charge is 0.239 e. The van der Waals surface area contributed by atoms with Gasteiger partial charge in [-0.1, -0.05) is 29.5 Å². The quantitative estimate of drug-likeness (QED) is 0.644. The Hall–Kier alpha value is -2.68. The summed E-state index contributed by atoms with van der Waals surface area (Å²) in [7, 11) is 3.85. The minimum absolute atomic E-state index is 0.0566. The van der Waals surface area contributed by atoms with Crippen molar-refractivity contribution in [1.29, 1.82) is 0 Å². The van der Waals surface area contributed by atoms with Crippen molar-refractivity contribution >= 4 is 39.1 Å². The van der Waals surface area contributed by atoms with Crippen molar-refractivity contribution in [3.63, 3.8) is 0 Å². The summed E-state index contributed by atoms with van der Waals surface area (Å²) in [5.74, 6) is 0.0300. The van der Waals surface area contributed by atoms with Gasteiger partial charge in [-0.2, -0.15) is 0 Å². The van der Waals surface area contributed by atoms with Gasteiger partial charge in [0.15, 0.2) is 0 Å². The summed E-state index contributed by atoms with van der Waals surface area (Å²) in [4.78, 5) is 29.6. The van der Waals surface area contributed by atoms with E-state index in [1.807, 2.05) is 25.2 Å². The number of nitrogens with zero attached hydrogens (tertiary/aromatic N) is 5. The molecule has 150 valence electrons. The fourth-order valence-corrected chi connectivity index (χ4v) is 3.87. The van der Waals surface area contributed by atoms with Crippen LogP contribution in [0.1, 0.15) is 19.3 Å². The first-order valence-corrected chi connectivity index (χ1v) is 10.2. The van der Waals surface area contributed by atoms with Gasteiger partial charge in [0.2, 0.25) is 22.1 Å². The topological polar surface area (TPSA) is 81.7 Å². The molecule has 0 atom stereocenters. The standard InChI is InChI=1S/C19H26N6O2S/c1-23(15-8-4-3-5-9-15)12-7-11-20-16(26)14-24(2)18-21-22-19(28-18)25-13-6-10-17(25)27/h3-5,8-9H,6-7,10-14H2,1-2H3,(H,20,26). The predicted molar refractivity (Wildman–Crippen MR) is 112 cm³/mol. The van der Waals surface area contributed by atoms with Crippen molar-refractivity contribution < 1.29 is 9.59 Å². The molecule has 0 unspecified atom stereocenters. The first-order valence-electron chi connectivity index (χ1n) is 9.42. The number of anilines is 3. The Morgan fingerprint density at radius 1 is 1.21 bits per heavy atom. The number of aromatic nitrogens is 2. The number of hydrogen-bond donors (Lipinski definition) is 1. The van der Waals surface area contributed by atoms with Gasteiger partial charge in [0.1, 0.15) is 0 Å². The van der Waals surface area contributed by atoms with Crippen LogP contribution in [0.5, 0.6) is 0 Å². The van der Waals surface area contributed by atoms with E-state index >= 15 is 0 Å². The van der Waals surface area contributed by atoms with Gasteiger partial charge in [0, 0.05) is 45.8 Å². The zero-order valence-electron chi connectivity index (χ0n) is 16.3. The van der Waals surface area contributed by atoms with Crippen LogP contribution in [-0.4, -0.2) is 62.3 Å². The number of nitrogens with one attached hydrogen (secondary N) is 1. The summed E-state index contributed by atoms with van der Waals surface area (Å²) in [6.45, 7) is 2.38. The fourth-order valence-electron chi connectivity index (χ4n) is 3.02. The number of para-hydroxylation sites is 1. The molecule has 2 amide bonds. The predicted octanol–water partition coefficient (Wildman–Crippen LogP) is 1.74. The zero-order valence-corrected chi connectivity index (χ0v) is 17.1. The molecule has 1 fully saturated rings. The van der Waals surface area contributed by atoms with E-state index < -0.39 is 0 Å². The summed E-state index contributed by atoms with van der Waals surface area (Å²) in [5.41, 5.74) is 1.16. The van der Waals surface area contributed by atoms with E-state index in [2.05, 4.69) is 32.5 Å². The summed E-state index contributed by atoms with van der Waals surface area (Å²) in [6.07, 6.45) is 2.28. The monoisotopic (exact) mass is 402 g/mol. The summed E-state index contributed by atoms with van der Waals surface area (Å²) in [5, 5.41) is 12.4. The Balaban J connectivity index is 1.39. The molecule has 0 spiro atoms. The second-order valence-corrected chi connectivity index (χ2v) is 7.77. The van der Waals surface area contributed by atoms with Crippen molar-refractivity contribution in [3.8, 4) is 0 Å². The Morgan fingerprint density at radius 2 is 2.00 bits per heavy atom. The van der Waals surface area contributed by atoms with E-state index in [1.165, 1.54) is 11.3 Å². The van der Waals surface area contributed by atoms with Gasteiger partial charge in [-0.25, -0.2) is 0 Å². The van der Waals surface area contributed by atoms with Crippen molar-refractivity contribution in [3.05, 3.63) is 30.3 Å². The van der Waals surface area contributed by atoms with E-state index in [0.717, 1.165) is 25.1 Å². The van der Waals surface area contributed by atoms with Gasteiger partial charge in [-0.3, -0.25) is 14.5 Å². The maximum Gasteiger partial charge on any atom is 0.239 e. The molecule has 3 rings (SSSR count). The molecule has 0 saturated carbocycles. The molecule has 2 aromatic rings. The summed E-state index contributed by atoms with van der Waals surface area (Å²) < 4.78 is 0. The molecule has 0 bridgehead atoms. The molecule has 0 aliphatic carbocycles.